The van der Waals surface area contributed by atoms with Crippen molar-refractivity contribution in [1.82, 2.24) is 0 Å². The highest BCUT2D eigenvalue weighted by Gasteiger charge is 2.05. The number of carboxylic acid groups (broad SMARTS) is 1. The van der Waals surface area contributed by atoms with Crippen LogP contribution in [0.1, 0.15) is 16.7 Å². The van der Waals surface area contributed by atoms with Crippen LogP contribution in [0.25, 0.3) is 6.08 Å². The second kappa shape index (κ2) is 8.78. The van der Waals surface area contributed by atoms with Gasteiger partial charge in [0.15, 0.2) is 11.5 Å². The minimum Gasteiger partial charge on any atom is -0.493 e. The predicted molar refractivity (Wildman–Crippen MR) is 96.6 cm³/mol. The normalized spacial score (nSPS) is 10.7. The third-order valence-electron chi connectivity index (χ3n) is 3.69. The Labute approximate surface area is 147 Å². The van der Waals surface area contributed by atoms with Crippen LogP contribution in [0.5, 0.6) is 17.2 Å². The lowest BCUT2D eigenvalue weighted by Crippen LogP contribution is -2.09. The molecule has 0 unspecified atom stereocenters. The number of carboxylic acids is 1. The highest BCUT2D eigenvalue weighted by molar-refractivity contribution is 5.85. The summed E-state index contributed by atoms with van der Waals surface area (Å²) < 4.78 is 16.7. The van der Waals surface area contributed by atoms with Crippen molar-refractivity contribution in [2.45, 2.75) is 13.8 Å². The molecule has 0 fully saturated rings. The molecule has 0 aliphatic carbocycles. The molecule has 0 saturated carbocycles. The maximum atomic E-state index is 10.6. The molecule has 132 valence electrons. The highest BCUT2D eigenvalue weighted by atomic mass is 16.5. The zero-order valence-corrected chi connectivity index (χ0v) is 14.6. The molecule has 0 aliphatic heterocycles. The predicted octanol–water partition coefficient (Wildman–Crippen LogP) is 3.87. The number of hydrogen-bond donors (Lipinski definition) is 1. The first kappa shape index (κ1) is 18.4. The first-order valence-electron chi connectivity index (χ1n) is 7.91. The summed E-state index contributed by atoms with van der Waals surface area (Å²) in [4.78, 5) is 10.6. The summed E-state index contributed by atoms with van der Waals surface area (Å²) in [7, 11) is 1.54. The molecule has 0 spiro atoms. The van der Waals surface area contributed by atoms with Gasteiger partial charge in [-0.2, -0.15) is 0 Å². The molecule has 2 rings (SSSR count). The van der Waals surface area contributed by atoms with Crippen molar-refractivity contribution in [3.05, 3.63) is 59.2 Å². The molecule has 0 amide bonds. The molecule has 0 radical (unpaired) electrons. The molecule has 1 N–H and O–H groups in total. The summed E-state index contributed by atoms with van der Waals surface area (Å²) in [5.74, 6) is 0.938. The first-order valence-corrected chi connectivity index (χ1v) is 7.91. The number of aryl methyl sites for hydroxylation is 2. The van der Waals surface area contributed by atoms with Gasteiger partial charge in [0.25, 0.3) is 0 Å². The molecule has 0 atom stereocenters. The summed E-state index contributed by atoms with van der Waals surface area (Å²) in [6, 6.07) is 11.2. The number of carbonyl (C=O) groups is 1. The van der Waals surface area contributed by atoms with E-state index in [-0.39, 0.29) is 0 Å². The Balaban J connectivity index is 1.91. The molecule has 0 bridgehead atoms. The number of aliphatic carboxylic acids is 1. The maximum absolute atomic E-state index is 10.6. The fraction of sp³-hybridized carbons (Fsp3) is 0.250. The molecule has 2 aromatic carbocycles. The molecule has 5 heteroatoms. The minimum atomic E-state index is -0.997. The number of ether oxygens (including phenoxy) is 3. The first-order chi connectivity index (χ1) is 12.0. The number of methoxy groups -OCH3 is 1. The van der Waals surface area contributed by atoms with E-state index >= 15 is 0 Å². The van der Waals surface area contributed by atoms with E-state index in [0.29, 0.717) is 24.7 Å². The number of rotatable bonds is 8. The highest BCUT2D eigenvalue weighted by Crippen LogP contribution is 2.28. The van der Waals surface area contributed by atoms with E-state index in [4.69, 9.17) is 19.3 Å². The average Bonchev–Trinajstić information content (AvgIpc) is 2.60. The SMILES string of the molecule is COc1cc(/C=C\C(=O)O)ccc1OCCOc1ccc(C)c(C)c1. The Morgan fingerprint density at radius 2 is 1.76 bits per heavy atom. The molecular formula is C20H22O5. The monoisotopic (exact) mass is 342 g/mol. The third-order valence-corrected chi connectivity index (χ3v) is 3.69. The lowest BCUT2D eigenvalue weighted by Gasteiger charge is -2.12. The average molecular weight is 342 g/mol. The zero-order chi connectivity index (χ0) is 18.2. The van der Waals surface area contributed by atoms with Gasteiger partial charge >= 0.3 is 5.97 Å². The summed E-state index contributed by atoms with van der Waals surface area (Å²) in [5, 5.41) is 8.67. The second-order valence-electron chi connectivity index (χ2n) is 5.52. The van der Waals surface area contributed by atoms with Gasteiger partial charge in [-0.05, 0) is 60.9 Å². The van der Waals surface area contributed by atoms with Crippen LogP contribution in [-0.2, 0) is 4.79 Å². The molecule has 5 nitrogen and oxygen atoms in total. The quantitative estimate of drug-likeness (QED) is 0.583. The van der Waals surface area contributed by atoms with E-state index < -0.39 is 5.97 Å². The Hall–Kier alpha value is -2.95. The van der Waals surface area contributed by atoms with E-state index in [1.54, 1.807) is 25.3 Å². The van der Waals surface area contributed by atoms with Gasteiger partial charge in [-0.1, -0.05) is 12.1 Å². The molecular weight excluding hydrogens is 320 g/mol. The van der Waals surface area contributed by atoms with Crippen LogP contribution in [0.3, 0.4) is 0 Å². The van der Waals surface area contributed by atoms with Crippen LogP contribution in [0.4, 0.5) is 0 Å². The van der Waals surface area contributed by atoms with Gasteiger partial charge in [0.1, 0.15) is 19.0 Å². The Morgan fingerprint density at radius 1 is 1.00 bits per heavy atom. The van der Waals surface area contributed by atoms with Gasteiger partial charge in [0, 0.05) is 6.08 Å². The second-order valence-corrected chi connectivity index (χ2v) is 5.52. The molecule has 0 saturated heterocycles. The Bertz CT molecular complexity index is 765. The van der Waals surface area contributed by atoms with Gasteiger partial charge in [0.05, 0.1) is 7.11 Å². The smallest absolute Gasteiger partial charge is 0.328 e. The fourth-order valence-corrected chi connectivity index (χ4v) is 2.19. The standard InChI is InChI=1S/C20H22O5/c1-14-4-7-17(12-15(14)2)24-10-11-25-18-8-5-16(6-9-20(21)22)13-19(18)23-3/h4-9,12-13H,10-11H2,1-3H3,(H,21,22)/b9-6-. The lowest BCUT2D eigenvalue weighted by atomic mass is 10.1. The molecule has 0 aliphatic rings. The molecule has 0 aromatic heterocycles. The van der Waals surface area contributed by atoms with Crippen LogP contribution in [0.15, 0.2) is 42.5 Å². The van der Waals surface area contributed by atoms with E-state index in [2.05, 4.69) is 6.92 Å². The van der Waals surface area contributed by atoms with Gasteiger partial charge < -0.3 is 19.3 Å². The van der Waals surface area contributed by atoms with E-state index in [9.17, 15) is 4.79 Å². The van der Waals surface area contributed by atoms with Crippen molar-refractivity contribution < 1.29 is 24.1 Å². The maximum Gasteiger partial charge on any atom is 0.328 e. The molecule has 0 heterocycles. The van der Waals surface area contributed by atoms with Crippen LogP contribution >= 0.6 is 0 Å². The van der Waals surface area contributed by atoms with Gasteiger partial charge in [-0.25, -0.2) is 4.79 Å². The van der Waals surface area contributed by atoms with Crippen molar-refractivity contribution in [3.63, 3.8) is 0 Å². The lowest BCUT2D eigenvalue weighted by molar-refractivity contribution is -0.131. The Kier molecular flexibility index (Phi) is 6.46. The number of benzene rings is 2. The van der Waals surface area contributed by atoms with Gasteiger partial charge in [-0.15, -0.1) is 0 Å². The van der Waals surface area contributed by atoms with Crippen LogP contribution in [-0.4, -0.2) is 31.4 Å². The van der Waals surface area contributed by atoms with E-state index in [1.165, 1.54) is 17.2 Å². The number of hydrogen-bond acceptors (Lipinski definition) is 4. The van der Waals surface area contributed by atoms with Crippen molar-refractivity contribution in [3.8, 4) is 17.2 Å². The third kappa shape index (κ3) is 5.57. The van der Waals surface area contributed by atoms with Crippen LogP contribution in [0, 0.1) is 13.8 Å². The van der Waals surface area contributed by atoms with Crippen molar-refractivity contribution in [1.29, 1.82) is 0 Å². The van der Waals surface area contributed by atoms with Crippen molar-refractivity contribution in [2.75, 3.05) is 20.3 Å². The summed E-state index contributed by atoms with van der Waals surface area (Å²) in [5.41, 5.74) is 3.13. The Morgan fingerprint density at radius 3 is 2.44 bits per heavy atom. The summed E-state index contributed by atoms with van der Waals surface area (Å²) in [6.07, 6.45) is 2.57. The molecule has 2 aromatic rings. The topological polar surface area (TPSA) is 65.0 Å². The minimum absolute atomic E-state index is 0.369. The fourth-order valence-electron chi connectivity index (χ4n) is 2.19. The summed E-state index contributed by atoms with van der Waals surface area (Å²) >= 11 is 0. The summed E-state index contributed by atoms with van der Waals surface area (Å²) in [6.45, 7) is 4.88. The van der Waals surface area contributed by atoms with Crippen molar-refractivity contribution >= 4 is 12.0 Å². The molecule has 25 heavy (non-hydrogen) atoms. The van der Waals surface area contributed by atoms with E-state index in [0.717, 1.165) is 17.4 Å². The van der Waals surface area contributed by atoms with Gasteiger partial charge in [0.2, 0.25) is 0 Å². The van der Waals surface area contributed by atoms with Gasteiger partial charge in [-0.3, -0.25) is 0 Å². The van der Waals surface area contributed by atoms with Crippen LogP contribution in [0.2, 0.25) is 0 Å². The van der Waals surface area contributed by atoms with Crippen LogP contribution < -0.4 is 14.2 Å². The van der Waals surface area contributed by atoms with E-state index in [1.807, 2.05) is 25.1 Å². The largest absolute Gasteiger partial charge is 0.493 e. The zero-order valence-electron chi connectivity index (χ0n) is 14.6. The van der Waals surface area contributed by atoms with Crippen molar-refractivity contribution in [2.24, 2.45) is 0 Å².